The molecular weight excluding hydrogens is 292 g/mol. The number of ether oxygens (including phenoxy) is 1. The van der Waals surface area contributed by atoms with Gasteiger partial charge in [-0.2, -0.15) is 0 Å². The molecular formula is C11H15ClN2O4S. The molecule has 1 aromatic carbocycles. The first-order chi connectivity index (χ1) is 8.89. The lowest BCUT2D eigenvalue weighted by molar-refractivity contribution is 0.318. The minimum absolute atomic E-state index is 0.0510. The van der Waals surface area contributed by atoms with Crippen LogP contribution in [0.5, 0.6) is 5.75 Å². The highest BCUT2D eigenvalue weighted by atomic mass is 35.5. The second-order valence-electron chi connectivity index (χ2n) is 3.71. The van der Waals surface area contributed by atoms with Crippen molar-refractivity contribution in [3.05, 3.63) is 28.8 Å². The first kappa shape index (κ1) is 15.6. The van der Waals surface area contributed by atoms with Gasteiger partial charge in [-0.25, -0.2) is 8.42 Å². The number of amidine groups is 1. The third-order valence-electron chi connectivity index (χ3n) is 2.43. The van der Waals surface area contributed by atoms with Crippen molar-refractivity contribution in [1.29, 1.82) is 0 Å². The van der Waals surface area contributed by atoms with E-state index >= 15 is 0 Å². The van der Waals surface area contributed by atoms with Crippen LogP contribution in [0, 0.1) is 0 Å². The molecule has 106 valence electrons. The van der Waals surface area contributed by atoms with Crippen molar-refractivity contribution in [3.8, 4) is 5.75 Å². The zero-order chi connectivity index (χ0) is 14.5. The van der Waals surface area contributed by atoms with Gasteiger partial charge in [0.1, 0.15) is 12.4 Å². The van der Waals surface area contributed by atoms with E-state index in [-0.39, 0.29) is 29.0 Å². The van der Waals surface area contributed by atoms with Crippen molar-refractivity contribution in [2.24, 2.45) is 10.9 Å². The lowest BCUT2D eigenvalue weighted by Gasteiger charge is -2.08. The number of hydrogen-bond acceptors (Lipinski definition) is 5. The van der Waals surface area contributed by atoms with Crippen molar-refractivity contribution in [2.75, 3.05) is 18.1 Å². The molecule has 0 radical (unpaired) electrons. The maximum absolute atomic E-state index is 11.3. The highest BCUT2D eigenvalue weighted by molar-refractivity contribution is 7.91. The predicted octanol–water partition coefficient (Wildman–Crippen LogP) is 1.25. The molecule has 0 aromatic heterocycles. The van der Waals surface area contributed by atoms with E-state index in [2.05, 4.69) is 5.16 Å². The molecule has 0 amide bonds. The second-order valence-corrected chi connectivity index (χ2v) is 6.59. The van der Waals surface area contributed by atoms with Crippen LogP contribution in [0.4, 0.5) is 0 Å². The fourth-order valence-corrected chi connectivity index (χ4v) is 2.17. The average Bonchev–Trinajstić information content (AvgIpc) is 2.38. The Bertz CT molecular complexity index is 572. The quantitative estimate of drug-likeness (QED) is 0.356. The summed E-state index contributed by atoms with van der Waals surface area (Å²) in [6.07, 6.45) is 0. The van der Waals surface area contributed by atoms with Gasteiger partial charge in [-0.1, -0.05) is 23.7 Å². The standard InChI is InChI=1S/C11H15ClN2O4S/c1-2-19(16,17)6-5-18-8-3-4-9(10(12)7-8)11(13)14-15/h3-4,7,15H,2,5-6H2,1H3,(H2,13,14). The highest BCUT2D eigenvalue weighted by Gasteiger charge is 2.09. The molecule has 0 saturated heterocycles. The van der Waals surface area contributed by atoms with Crippen molar-refractivity contribution in [1.82, 2.24) is 0 Å². The number of rotatable bonds is 6. The molecule has 0 atom stereocenters. The van der Waals surface area contributed by atoms with Crippen molar-refractivity contribution in [3.63, 3.8) is 0 Å². The smallest absolute Gasteiger partial charge is 0.171 e. The number of nitrogens with zero attached hydrogens (tertiary/aromatic N) is 1. The summed E-state index contributed by atoms with van der Waals surface area (Å²) in [7, 11) is -3.06. The Kier molecular flexibility index (Phi) is 5.44. The van der Waals surface area contributed by atoms with Crippen molar-refractivity contribution < 1.29 is 18.4 Å². The van der Waals surface area contributed by atoms with Gasteiger partial charge in [0.2, 0.25) is 0 Å². The third-order valence-corrected chi connectivity index (χ3v) is 4.41. The van der Waals surface area contributed by atoms with E-state index in [0.717, 1.165) is 0 Å². The summed E-state index contributed by atoms with van der Waals surface area (Å²) in [6.45, 7) is 1.63. The van der Waals surface area contributed by atoms with E-state index < -0.39 is 9.84 Å². The topological polar surface area (TPSA) is 102 Å². The van der Waals surface area contributed by atoms with Crippen LogP contribution in [0.25, 0.3) is 0 Å². The highest BCUT2D eigenvalue weighted by Crippen LogP contribution is 2.22. The van der Waals surface area contributed by atoms with E-state index in [4.69, 9.17) is 27.3 Å². The Hall–Kier alpha value is -1.47. The number of halogens is 1. The van der Waals surface area contributed by atoms with E-state index in [1.54, 1.807) is 13.0 Å². The van der Waals surface area contributed by atoms with E-state index in [9.17, 15) is 8.42 Å². The Morgan fingerprint density at radius 2 is 2.21 bits per heavy atom. The van der Waals surface area contributed by atoms with Crippen LogP contribution < -0.4 is 10.5 Å². The first-order valence-electron chi connectivity index (χ1n) is 5.50. The van der Waals surface area contributed by atoms with Crippen LogP contribution >= 0.6 is 11.6 Å². The fraction of sp³-hybridized carbons (Fsp3) is 0.364. The molecule has 0 fully saturated rings. The molecule has 1 rings (SSSR count). The third kappa shape index (κ3) is 4.60. The van der Waals surface area contributed by atoms with Gasteiger partial charge in [-0.3, -0.25) is 0 Å². The lowest BCUT2D eigenvalue weighted by Crippen LogP contribution is -2.16. The minimum atomic E-state index is -3.06. The number of sulfone groups is 1. The van der Waals surface area contributed by atoms with Gasteiger partial charge >= 0.3 is 0 Å². The Morgan fingerprint density at radius 1 is 1.53 bits per heavy atom. The second kappa shape index (κ2) is 6.63. The van der Waals surface area contributed by atoms with Crippen LogP contribution in [0.3, 0.4) is 0 Å². The predicted molar refractivity (Wildman–Crippen MR) is 73.8 cm³/mol. The molecule has 1 aromatic rings. The van der Waals surface area contributed by atoms with Gasteiger partial charge in [0.25, 0.3) is 0 Å². The number of benzene rings is 1. The summed E-state index contributed by atoms with van der Waals surface area (Å²) >= 11 is 5.93. The van der Waals surface area contributed by atoms with E-state index in [1.165, 1.54) is 12.1 Å². The Balaban J connectivity index is 2.70. The molecule has 0 bridgehead atoms. The summed E-state index contributed by atoms with van der Waals surface area (Å²) in [5.74, 6) is 0.346. The molecule has 0 heterocycles. The lowest BCUT2D eigenvalue weighted by atomic mass is 10.2. The van der Waals surface area contributed by atoms with Gasteiger partial charge < -0.3 is 15.7 Å². The molecule has 19 heavy (non-hydrogen) atoms. The molecule has 0 aliphatic rings. The molecule has 0 aliphatic carbocycles. The van der Waals surface area contributed by atoms with Crippen LogP contribution in [0.1, 0.15) is 12.5 Å². The van der Waals surface area contributed by atoms with Gasteiger partial charge in [0.15, 0.2) is 15.7 Å². The van der Waals surface area contributed by atoms with Crippen molar-refractivity contribution >= 4 is 27.3 Å². The Labute approximate surface area is 116 Å². The van der Waals surface area contributed by atoms with Crippen LogP contribution in [0.2, 0.25) is 5.02 Å². The molecule has 0 spiro atoms. The SMILES string of the molecule is CCS(=O)(=O)CCOc1ccc(/C(N)=N/O)c(Cl)c1. The van der Waals surface area contributed by atoms with Gasteiger partial charge in [-0.05, 0) is 18.2 Å². The normalized spacial score (nSPS) is 12.4. The zero-order valence-corrected chi connectivity index (χ0v) is 11.9. The molecule has 0 unspecified atom stereocenters. The summed E-state index contributed by atoms with van der Waals surface area (Å²) < 4.78 is 27.8. The molecule has 8 heteroatoms. The summed E-state index contributed by atoms with van der Waals surface area (Å²) in [5.41, 5.74) is 5.79. The monoisotopic (exact) mass is 306 g/mol. The molecule has 6 nitrogen and oxygen atoms in total. The number of nitrogens with two attached hydrogens (primary N) is 1. The molecule has 0 aliphatic heterocycles. The van der Waals surface area contributed by atoms with Crippen LogP contribution in [0.15, 0.2) is 23.4 Å². The largest absolute Gasteiger partial charge is 0.492 e. The van der Waals surface area contributed by atoms with Crippen LogP contribution in [-0.4, -0.2) is 37.6 Å². The van der Waals surface area contributed by atoms with Crippen LogP contribution in [-0.2, 0) is 9.84 Å². The van der Waals surface area contributed by atoms with E-state index in [0.29, 0.717) is 11.3 Å². The van der Waals surface area contributed by atoms with Gasteiger partial charge in [0, 0.05) is 11.3 Å². The number of hydrogen-bond donors (Lipinski definition) is 2. The zero-order valence-electron chi connectivity index (χ0n) is 10.3. The maximum atomic E-state index is 11.3. The Morgan fingerprint density at radius 3 is 2.74 bits per heavy atom. The minimum Gasteiger partial charge on any atom is -0.492 e. The fourth-order valence-electron chi connectivity index (χ4n) is 1.28. The van der Waals surface area contributed by atoms with E-state index in [1.807, 2.05) is 0 Å². The molecule has 0 saturated carbocycles. The maximum Gasteiger partial charge on any atom is 0.171 e. The van der Waals surface area contributed by atoms with Gasteiger partial charge in [-0.15, -0.1) is 0 Å². The first-order valence-corrected chi connectivity index (χ1v) is 7.70. The van der Waals surface area contributed by atoms with Gasteiger partial charge in [0.05, 0.1) is 10.8 Å². The molecule has 3 N–H and O–H groups in total. The summed E-state index contributed by atoms with van der Waals surface area (Å²) in [5, 5.41) is 11.6. The summed E-state index contributed by atoms with van der Waals surface area (Å²) in [6, 6.07) is 4.58. The summed E-state index contributed by atoms with van der Waals surface area (Å²) in [4.78, 5) is 0. The number of oxime groups is 1. The average molecular weight is 307 g/mol. The van der Waals surface area contributed by atoms with Crippen molar-refractivity contribution in [2.45, 2.75) is 6.92 Å².